The monoisotopic (exact) mass is 450 g/mol. The van der Waals surface area contributed by atoms with E-state index in [0.29, 0.717) is 28.4 Å². The summed E-state index contributed by atoms with van der Waals surface area (Å²) < 4.78 is 10.6. The number of nitrogens with one attached hydrogen (secondary N) is 2. The van der Waals surface area contributed by atoms with Gasteiger partial charge in [-0.1, -0.05) is 23.8 Å². The number of rotatable bonds is 8. The minimum Gasteiger partial charge on any atom is -0.497 e. The fraction of sp³-hybridized carbons (Fsp3) is 0.200. The molecule has 6 nitrogen and oxygen atoms in total. The second-order valence-electron chi connectivity index (χ2n) is 7.17. The molecule has 0 aromatic heterocycles. The molecule has 7 heteroatoms. The fourth-order valence-corrected chi connectivity index (χ4v) is 3.97. The Balaban J connectivity index is 1.66. The molecular weight excluding hydrogens is 424 g/mol. The first-order valence-electron chi connectivity index (χ1n) is 10.1. The van der Waals surface area contributed by atoms with E-state index in [2.05, 4.69) is 10.6 Å². The summed E-state index contributed by atoms with van der Waals surface area (Å²) in [6.45, 7) is 3.77. The lowest BCUT2D eigenvalue weighted by Crippen LogP contribution is -2.22. The molecule has 2 N–H and O–H groups in total. The van der Waals surface area contributed by atoms with Crippen molar-refractivity contribution in [3.63, 3.8) is 0 Å². The molecule has 166 valence electrons. The molecule has 3 rings (SSSR count). The summed E-state index contributed by atoms with van der Waals surface area (Å²) in [5.41, 5.74) is 2.84. The Kier molecular flexibility index (Phi) is 7.78. The number of carbonyl (C=O) groups excluding carboxylic acids is 2. The maximum absolute atomic E-state index is 12.8. The van der Waals surface area contributed by atoms with E-state index in [0.717, 1.165) is 10.5 Å². The van der Waals surface area contributed by atoms with E-state index >= 15 is 0 Å². The molecule has 0 saturated heterocycles. The summed E-state index contributed by atoms with van der Waals surface area (Å²) >= 11 is 1.40. The molecule has 0 aliphatic heterocycles. The maximum atomic E-state index is 12.8. The van der Waals surface area contributed by atoms with E-state index in [4.69, 9.17) is 9.47 Å². The molecule has 0 spiro atoms. The summed E-state index contributed by atoms with van der Waals surface area (Å²) in [5.74, 6) is 0.832. The Hall–Kier alpha value is -3.45. The Morgan fingerprint density at radius 3 is 2.41 bits per heavy atom. The molecule has 0 heterocycles. The van der Waals surface area contributed by atoms with Gasteiger partial charge in [-0.2, -0.15) is 0 Å². The van der Waals surface area contributed by atoms with E-state index in [9.17, 15) is 9.59 Å². The topological polar surface area (TPSA) is 76.7 Å². The SMILES string of the molecule is COc1ccc(OC)c(NC(=O)C(C)Sc2cccc(NC(=O)c3cccc(C)c3)c2)c1. The summed E-state index contributed by atoms with van der Waals surface area (Å²) in [7, 11) is 3.11. The van der Waals surface area contributed by atoms with Crippen molar-refractivity contribution >= 4 is 35.0 Å². The number of anilines is 2. The molecule has 2 amide bonds. The van der Waals surface area contributed by atoms with Gasteiger partial charge in [0.15, 0.2) is 0 Å². The van der Waals surface area contributed by atoms with Crippen molar-refractivity contribution in [1.82, 2.24) is 0 Å². The number of benzene rings is 3. The minimum absolute atomic E-state index is 0.171. The summed E-state index contributed by atoms with van der Waals surface area (Å²) in [6.07, 6.45) is 0. The van der Waals surface area contributed by atoms with Gasteiger partial charge in [0.1, 0.15) is 11.5 Å². The molecule has 0 radical (unpaired) electrons. The van der Waals surface area contributed by atoms with Crippen molar-refractivity contribution in [1.29, 1.82) is 0 Å². The zero-order valence-corrected chi connectivity index (χ0v) is 19.3. The Morgan fingerprint density at radius 2 is 1.69 bits per heavy atom. The largest absolute Gasteiger partial charge is 0.497 e. The van der Waals surface area contributed by atoms with E-state index in [-0.39, 0.29) is 17.1 Å². The van der Waals surface area contributed by atoms with Crippen molar-refractivity contribution < 1.29 is 19.1 Å². The van der Waals surface area contributed by atoms with Crippen molar-refractivity contribution in [3.05, 3.63) is 77.9 Å². The van der Waals surface area contributed by atoms with E-state index in [1.807, 2.05) is 56.3 Å². The van der Waals surface area contributed by atoms with Crippen LogP contribution in [0.5, 0.6) is 11.5 Å². The molecule has 1 atom stereocenters. The third-order valence-electron chi connectivity index (χ3n) is 4.72. The summed E-state index contributed by atoms with van der Waals surface area (Å²) in [6, 6.07) is 20.1. The van der Waals surface area contributed by atoms with Gasteiger partial charge in [0.2, 0.25) is 5.91 Å². The van der Waals surface area contributed by atoms with Crippen LogP contribution >= 0.6 is 11.8 Å². The van der Waals surface area contributed by atoms with Crippen LogP contribution in [0.25, 0.3) is 0 Å². The zero-order chi connectivity index (χ0) is 23.1. The van der Waals surface area contributed by atoms with Crippen molar-refractivity contribution in [2.24, 2.45) is 0 Å². The number of hydrogen-bond donors (Lipinski definition) is 2. The molecule has 0 aliphatic rings. The summed E-state index contributed by atoms with van der Waals surface area (Å²) in [5, 5.41) is 5.43. The molecule has 0 saturated carbocycles. The van der Waals surface area contributed by atoms with E-state index in [1.165, 1.54) is 11.8 Å². The van der Waals surface area contributed by atoms with Crippen LogP contribution in [-0.2, 0) is 4.79 Å². The third kappa shape index (κ3) is 6.04. The lowest BCUT2D eigenvalue weighted by Gasteiger charge is -2.15. The van der Waals surface area contributed by atoms with Gasteiger partial charge in [-0.15, -0.1) is 11.8 Å². The Labute approximate surface area is 192 Å². The van der Waals surface area contributed by atoms with Crippen LogP contribution in [0, 0.1) is 6.92 Å². The highest BCUT2D eigenvalue weighted by atomic mass is 32.2. The van der Waals surface area contributed by atoms with Gasteiger partial charge in [0, 0.05) is 22.2 Å². The number of thioether (sulfide) groups is 1. The smallest absolute Gasteiger partial charge is 0.255 e. The Bertz CT molecular complexity index is 1120. The lowest BCUT2D eigenvalue weighted by atomic mass is 10.1. The minimum atomic E-state index is -0.381. The molecule has 0 fully saturated rings. The molecule has 32 heavy (non-hydrogen) atoms. The standard InChI is InChI=1S/C25H26N2O4S/c1-16-7-5-8-18(13-16)25(29)26-19-9-6-10-21(14-19)32-17(2)24(28)27-22-15-20(30-3)11-12-23(22)31-4/h5-15,17H,1-4H3,(H,26,29)(H,27,28). The molecule has 3 aromatic carbocycles. The first-order valence-corrected chi connectivity index (χ1v) is 10.9. The molecule has 0 bridgehead atoms. The number of ether oxygens (including phenoxy) is 2. The van der Waals surface area contributed by atoms with Crippen LogP contribution in [-0.4, -0.2) is 31.3 Å². The highest BCUT2D eigenvalue weighted by Gasteiger charge is 2.17. The average Bonchev–Trinajstić information content (AvgIpc) is 2.79. The van der Waals surface area contributed by atoms with Crippen molar-refractivity contribution in [2.75, 3.05) is 24.9 Å². The lowest BCUT2D eigenvalue weighted by molar-refractivity contribution is -0.115. The highest BCUT2D eigenvalue weighted by molar-refractivity contribution is 8.00. The first kappa shape index (κ1) is 23.2. The normalized spacial score (nSPS) is 11.4. The molecule has 3 aromatic rings. The number of carbonyl (C=O) groups is 2. The van der Waals surface area contributed by atoms with Gasteiger partial charge in [0.05, 0.1) is 25.2 Å². The van der Waals surface area contributed by atoms with Crippen LogP contribution in [0.1, 0.15) is 22.8 Å². The van der Waals surface area contributed by atoms with Crippen LogP contribution < -0.4 is 20.1 Å². The predicted octanol–water partition coefficient (Wildman–Crippen LogP) is 5.38. The number of amides is 2. The third-order valence-corrected chi connectivity index (χ3v) is 5.81. The zero-order valence-electron chi connectivity index (χ0n) is 18.5. The second kappa shape index (κ2) is 10.7. The first-order chi connectivity index (χ1) is 15.4. The molecular formula is C25H26N2O4S. The van der Waals surface area contributed by atoms with Gasteiger partial charge in [0.25, 0.3) is 5.91 Å². The summed E-state index contributed by atoms with van der Waals surface area (Å²) in [4.78, 5) is 26.2. The van der Waals surface area contributed by atoms with Gasteiger partial charge < -0.3 is 20.1 Å². The maximum Gasteiger partial charge on any atom is 0.255 e. The molecule has 0 aliphatic carbocycles. The van der Waals surface area contributed by atoms with Gasteiger partial charge in [-0.3, -0.25) is 9.59 Å². The van der Waals surface area contributed by atoms with Gasteiger partial charge in [-0.05, 0) is 56.3 Å². The van der Waals surface area contributed by atoms with E-state index in [1.54, 1.807) is 38.5 Å². The van der Waals surface area contributed by atoms with Crippen LogP contribution in [0.2, 0.25) is 0 Å². The van der Waals surface area contributed by atoms with Crippen LogP contribution in [0.15, 0.2) is 71.6 Å². The van der Waals surface area contributed by atoms with Crippen LogP contribution in [0.3, 0.4) is 0 Å². The highest BCUT2D eigenvalue weighted by Crippen LogP contribution is 2.31. The van der Waals surface area contributed by atoms with Gasteiger partial charge in [-0.25, -0.2) is 0 Å². The Morgan fingerprint density at radius 1 is 0.906 bits per heavy atom. The van der Waals surface area contributed by atoms with Gasteiger partial charge >= 0.3 is 0 Å². The fourth-order valence-electron chi connectivity index (χ4n) is 3.04. The number of hydrogen-bond acceptors (Lipinski definition) is 5. The second-order valence-corrected chi connectivity index (χ2v) is 8.58. The quantitative estimate of drug-likeness (QED) is 0.451. The van der Waals surface area contributed by atoms with Crippen molar-refractivity contribution in [2.45, 2.75) is 24.0 Å². The average molecular weight is 451 g/mol. The van der Waals surface area contributed by atoms with E-state index < -0.39 is 0 Å². The van der Waals surface area contributed by atoms with Crippen LogP contribution in [0.4, 0.5) is 11.4 Å². The number of methoxy groups -OCH3 is 2. The predicted molar refractivity (Wildman–Crippen MR) is 129 cm³/mol. The van der Waals surface area contributed by atoms with Crippen molar-refractivity contribution in [3.8, 4) is 11.5 Å². The molecule has 1 unspecified atom stereocenters. The number of aryl methyl sites for hydroxylation is 1.